The Labute approximate surface area is 98.3 Å². The van der Waals surface area contributed by atoms with Gasteiger partial charge in [0.25, 0.3) is 0 Å². The van der Waals surface area contributed by atoms with Gasteiger partial charge in [0.2, 0.25) is 0 Å². The zero-order chi connectivity index (χ0) is 9.68. The molecule has 3 nitrogen and oxygen atoms in total. The van der Waals surface area contributed by atoms with Gasteiger partial charge in [0.05, 0.1) is 5.69 Å². The molecule has 1 aromatic heterocycles. The van der Waals surface area contributed by atoms with Crippen molar-refractivity contribution in [3.05, 3.63) is 28.5 Å². The van der Waals surface area contributed by atoms with Crippen LogP contribution in [0.15, 0.2) is 22.8 Å². The summed E-state index contributed by atoms with van der Waals surface area (Å²) >= 11 is 3.28. The van der Waals surface area contributed by atoms with Crippen LogP contribution >= 0.6 is 28.3 Å². The summed E-state index contributed by atoms with van der Waals surface area (Å²) in [6.07, 6.45) is 1.48. The molecule has 0 saturated heterocycles. The SMILES string of the molecule is Cl.N[C@@H](CCCO)c1cccc(Br)n1. The van der Waals surface area contributed by atoms with Crippen molar-refractivity contribution in [2.75, 3.05) is 6.61 Å². The van der Waals surface area contributed by atoms with Crippen molar-refractivity contribution >= 4 is 28.3 Å². The molecule has 0 bridgehead atoms. The molecule has 0 saturated carbocycles. The predicted octanol–water partition coefficient (Wildman–Crippen LogP) is 2.04. The van der Waals surface area contributed by atoms with E-state index in [0.717, 1.165) is 23.1 Å². The lowest BCUT2D eigenvalue weighted by Gasteiger charge is -2.09. The first kappa shape index (κ1) is 13.8. The molecule has 3 N–H and O–H groups in total. The number of aliphatic hydroxyl groups is 1. The van der Waals surface area contributed by atoms with Gasteiger partial charge in [-0.2, -0.15) is 0 Å². The third-order valence-corrected chi connectivity index (χ3v) is 2.23. The highest BCUT2D eigenvalue weighted by Gasteiger charge is 2.06. The Morgan fingerprint density at radius 2 is 2.21 bits per heavy atom. The maximum Gasteiger partial charge on any atom is 0.106 e. The number of aliphatic hydroxyl groups excluding tert-OH is 1. The van der Waals surface area contributed by atoms with E-state index in [1.807, 2.05) is 18.2 Å². The first-order valence-corrected chi connectivity index (χ1v) is 5.02. The van der Waals surface area contributed by atoms with Gasteiger partial charge in [-0.3, -0.25) is 0 Å². The summed E-state index contributed by atoms with van der Waals surface area (Å²) in [6, 6.07) is 5.59. The van der Waals surface area contributed by atoms with Crippen molar-refractivity contribution < 1.29 is 5.11 Å². The largest absolute Gasteiger partial charge is 0.396 e. The second-order valence-electron chi connectivity index (χ2n) is 2.86. The minimum absolute atomic E-state index is 0. The van der Waals surface area contributed by atoms with E-state index in [4.69, 9.17) is 10.8 Å². The van der Waals surface area contributed by atoms with Gasteiger partial charge >= 0.3 is 0 Å². The van der Waals surface area contributed by atoms with Gasteiger partial charge in [0.1, 0.15) is 4.60 Å². The quantitative estimate of drug-likeness (QED) is 0.830. The van der Waals surface area contributed by atoms with Crippen LogP contribution in [0.4, 0.5) is 0 Å². The summed E-state index contributed by atoms with van der Waals surface area (Å²) in [5, 5.41) is 8.63. The molecular formula is C9H14BrClN2O. The number of nitrogens with zero attached hydrogens (tertiary/aromatic N) is 1. The highest BCUT2D eigenvalue weighted by Crippen LogP contribution is 2.15. The molecule has 1 atom stereocenters. The second kappa shape index (κ2) is 7.17. The lowest BCUT2D eigenvalue weighted by atomic mass is 10.1. The molecule has 0 aliphatic heterocycles. The van der Waals surface area contributed by atoms with Crippen LogP contribution in [0.5, 0.6) is 0 Å². The van der Waals surface area contributed by atoms with Crippen LogP contribution in [0.3, 0.4) is 0 Å². The molecule has 0 amide bonds. The van der Waals surface area contributed by atoms with Gasteiger partial charge < -0.3 is 10.8 Å². The Bertz CT molecular complexity index is 273. The topological polar surface area (TPSA) is 59.1 Å². The van der Waals surface area contributed by atoms with Gasteiger partial charge in [0.15, 0.2) is 0 Å². The average Bonchev–Trinajstić information content (AvgIpc) is 2.14. The third-order valence-electron chi connectivity index (χ3n) is 1.79. The molecule has 0 unspecified atom stereocenters. The van der Waals surface area contributed by atoms with Gasteiger partial charge in [-0.1, -0.05) is 6.07 Å². The van der Waals surface area contributed by atoms with Crippen molar-refractivity contribution in [3.63, 3.8) is 0 Å². The van der Waals surface area contributed by atoms with E-state index in [9.17, 15) is 0 Å². The fraction of sp³-hybridized carbons (Fsp3) is 0.444. The van der Waals surface area contributed by atoms with E-state index in [1.165, 1.54) is 0 Å². The van der Waals surface area contributed by atoms with Crippen LogP contribution in [0.1, 0.15) is 24.6 Å². The summed E-state index contributed by atoms with van der Waals surface area (Å²) < 4.78 is 0.796. The third kappa shape index (κ3) is 4.37. The predicted molar refractivity (Wildman–Crippen MR) is 62.4 cm³/mol. The molecule has 1 heterocycles. The number of aromatic nitrogens is 1. The van der Waals surface area contributed by atoms with E-state index in [2.05, 4.69) is 20.9 Å². The zero-order valence-electron chi connectivity index (χ0n) is 7.69. The minimum atomic E-state index is -0.0790. The van der Waals surface area contributed by atoms with Crippen molar-refractivity contribution in [1.29, 1.82) is 0 Å². The van der Waals surface area contributed by atoms with E-state index >= 15 is 0 Å². The summed E-state index contributed by atoms with van der Waals surface area (Å²) in [5.41, 5.74) is 6.72. The Kier molecular flexibility index (Phi) is 7.09. The molecule has 0 radical (unpaired) electrons. The van der Waals surface area contributed by atoms with Crippen molar-refractivity contribution in [1.82, 2.24) is 4.98 Å². The highest BCUT2D eigenvalue weighted by molar-refractivity contribution is 9.10. The normalized spacial score (nSPS) is 11.9. The molecule has 80 valence electrons. The van der Waals surface area contributed by atoms with Gasteiger partial charge in [-0.05, 0) is 40.9 Å². The fourth-order valence-corrected chi connectivity index (χ4v) is 1.45. The lowest BCUT2D eigenvalue weighted by Crippen LogP contribution is -2.12. The standard InChI is InChI=1S/C9H13BrN2O.ClH/c10-9-5-1-4-8(12-9)7(11)3-2-6-13;/h1,4-5,7,13H,2-3,6,11H2;1H/t7-;/m0./s1. The number of hydrogen-bond donors (Lipinski definition) is 2. The first-order chi connectivity index (χ1) is 6.24. The molecule has 5 heteroatoms. The molecule has 0 aliphatic carbocycles. The summed E-state index contributed by atoms with van der Waals surface area (Å²) in [6.45, 7) is 0.182. The summed E-state index contributed by atoms with van der Waals surface area (Å²) in [5.74, 6) is 0. The molecule has 14 heavy (non-hydrogen) atoms. The number of nitrogens with two attached hydrogens (primary N) is 1. The van der Waals surface area contributed by atoms with Crippen LogP contribution in [-0.4, -0.2) is 16.7 Å². The van der Waals surface area contributed by atoms with Crippen LogP contribution in [0.25, 0.3) is 0 Å². The maximum absolute atomic E-state index is 8.63. The molecular weight excluding hydrogens is 267 g/mol. The molecule has 0 spiro atoms. The van der Waals surface area contributed by atoms with E-state index in [1.54, 1.807) is 0 Å². The van der Waals surface area contributed by atoms with Gasteiger partial charge in [-0.15, -0.1) is 12.4 Å². The van der Waals surface area contributed by atoms with Crippen molar-refractivity contribution in [2.24, 2.45) is 5.73 Å². The molecule has 0 fully saturated rings. The maximum atomic E-state index is 8.63. The Morgan fingerprint density at radius 1 is 1.50 bits per heavy atom. The number of rotatable bonds is 4. The molecule has 1 rings (SSSR count). The smallest absolute Gasteiger partial charge is 0.106 e. The van der Waals surface area contributed by atoms with Gasteiger partial charge in [0, 0.05) is 12.6 Å². The van der Waals surface area contributed by atoms with Crippen LogP contribution in [-0.2, 0) is 0 Å². The van der Waals surface area contributed by atoms with Crippen LogP contribution in [0.2, 0.25) is 0 Å². The van der Waals surface area contributed by atoms with E-state index < -0.39 is 0 Å². The Hall–Kier alpha value is -0.160. The zero-order valence-corrected chi connectivity index (χ0v) is 10.1. The van der Waals surface area contributed by atoms with Crippen LogP contribution < -0.4 is 5.73 Å². The number of halogens is 2. The average molecular weight is 282 g/mol. The second-order valence-corrected chi connectivity index (χ2v) is 3.67. The first-order valence-electron chi connectivity index (χ1n) is 4.23. The van der Waals surface area contributed by atoms with E-state index in [-0.39, 0.29) is 25.1 Å². The summed E-state index contributed by atoms with van der Waals surface area (Å²) in [7, 11) is 0. The van der Waals surface area contributed by atoms with Crippen LogP contribution in [0, 0.1) is 0 Å². The number of hydrogen-bond acceptors (Lipinski definition) is 3. The van der Waals surface area contributed by atoms with Crippen molar-refractivity contribution in [3.8, 4) is 0 Å². The Balaban J connectivity index is 0.00000169. The highest BCUT2D eigenvalue weighted by atomic mass is 79.9. The number of pyridine rings is 1. The molecule has 1 aromatic rings. The minimum Gasteiger partial charge on any atom is -0.396 e. The van der Waals surface area contributed by atoms with Crippen molar-refractivity contribution in [2.45, 2.75) is 18.9 Å². The monoisotopic (exact) mass is 280 g/mol. The fourth-order valence-electron chi connectivity index (χ4n) is 1.09. The lowest BCUT2D eigenvalue weighted by molar-refractivity contribution is 0.279. The molecule has 0 aromatic carbocycles. The summed E-state index contributed by atoms with van der Waals surface area (Å²) in [4.78, 5) is 4.24. The van der Waals surface area contributed by atoms with Gasteiger partial charge in [-0.25, -0.2) is 4.98 Å². The van der Waals surface area contributed by atoms with E-state index in [0.29, 0.717) is 0 Å². The Morgan fingerprint density at radius 3 is 2.79 bits per heavy atom. The molecule has 0 aliphatic rings.